The van der Waals surface area contributed by atoms with Gasteiger partial charge in [0.1, 0.15) is 0 Å². The highest BCUT2D eigenvalue weighted by Gasteiger charge is 2.25. The fourth-order valence-corrected chi connectivity index (χ4v) is 5.07. The second kappa shape index (κ2) is 6.65. The molecule has 124 valence electrons. The molecule has 1 amide bonds. The van der Waals surface area contributed by atoms with E-state index in [4.69, 9.17) is 5.73 Å². The summed E-state index contributed by atoms with van der Waals surface area (Å²) in [6.45, 7) is 6.54. The Balaban J connectivity index is 1.99. The summed E-state index contributed by atoms with van der Waals surface area (Å²) in [4.78, 5) is 12.5. The van der Waals surface area contributed by atoms with Crippen molar-refractivity contribution in [3.8, 4) is 11.4 Å². The number of carbonyl (C=O) groups excluding carboxylic acids is 1. The van der Waals surface area contributed by atoms with Crippen LogP contribution in [0.5, 0.6) is 0 Å². The first-order chi connectivity index (χ1) is 11.0. The molecular weight excluding hydrogens is 328 g/mol. The zero-order valence-electron chi connectivity index (χ0n) is 13.7. The predicted molar refractivity (Wildman–Crippen MR) is 94.8 cm³/mol. The largest absolute Gasteiger partial charge is 0.369 e. The van der Waals surface area contributed by atoms with E-state index >= 15 is 0 Å². The minimum Gasteiger partial charge on any atom is -0.369 e. The number of thioether (sulfide) groups is 1. The highest BCUT2D eigenvalue weighted by Crippen LogP contribution is 2.39. The van der Waals surface area contributed by atoms with Gasteiger partial charge in [-0.15, -0.1) is 21.5 Å². The number of nitrogens with zero attached hydrogens (tertiary/aromatic N) is 3. The lowest BCUT2D eigenvalue weighted by Crippen LogP contribution is -2.14. The lowest BCUT2D eigenvalue weighted by atomic mass is 9.88. The maximum atomic E-state index is 11.1. The summed E-state index contributed by atoms with van der Waals surface area (Å²) in [6, 6.07) is 0.230. The summed E-state index contributed by atoms with van der Waals surface area (Å²) < 4.78 is 2.12. The molecule has 1 atom stereocenters. The first-order valence-electron chi connectivity index (χ1n) is 7.93. The second-order valence-electron chi connectivity index (χ2n) is 6.42. The first kappa shape index (κ1) is 16.5. The van der Waals surface area contributed by atoms with Gasteiger partial charge in [-0.3, -0.25) is 9.36 Å². The van der Waals surface area contributed by atoms with Gasteiger partial charge in [0.25, 0.3) is 0 Å². The minimum absolute atomic E-state index is 0.226. The third kappa shape index (κ3) is 3.30. The molecule has 2 aromatic rings. The Bertz CT molecular complexity index is 720. The van der Waals surface area contributed by atoms with E-state index in [-0.39, 0.29) is 17.7 Å². The number of rotatable bonds is 5. The van der Waals surface area contributed by atoms with Crippen molar-refractivity contribution in [3.05, 3.63) is 15.8 Å². The van der Waals surface area contributed by atoms with Crippen LogP contribution in [-0.2, 0) is 17.6 Å². The van der Waals surface area contributed by atoms with Crippen LogP contribution in [0.15, 0.2) is 10.5 Å². The molecule has 2 heterocycles. The van der Waals surface area contributed by atoms with Gasteiger partial charge in [-0.2, -0.15) is 0 Å². The van der Waals surface area contributed by atoms with E-state index in [0.29, 0.717) is 0 Å². The lowest BCUT2D eigenvalue weighted by molar-refractivity contribution is -0.115. The van der Waals surface area contributed by atoms with Gasteiger partial charge in [0.2, 0.25) is 5.91 Å². The molecule has 2 aromatic heterocycles. The summed E-state index contributed by atoms with van der Waals surface area (Å²) in [5.74, 6) is 1.57. The monoisotopic (exact) mass is 350 g/mol. The average molecular weight is 351 g/mol. The van der Waals surface area contributed by atoms with Gasteiger partial charge in [0.05, 0.1) is 5.75 Å². The number of hydrogen-bond acceptors (Lipinski definition) is 5. The maximum Gasteiger partial charge on any atom is 0.227 e. The fourth-order valence-electron chi connectivity index (χ4n) is 3.03. The van der Waals surface area contributed by atoms with Crippen LogP contribution >= 0.6 is 23.1 Å². The van der Waals surface area contributed by atoms with E-state index in [1.807, 2.05) is 11.3 Å². The maximum absolute atomic E-state index is 11.1. The van der Waals surface area contributed by atoms with Gasteiger partial charge in [0, 0.05) is 21.9 Å². The highest BCUT2D eigenvalue weighted by atomic mass is 32.2. The van der Waals surface area contributed by atoms with Gasteiger partial charge >= 0.3 is 0 Å². The summed E-state index contributed by atoms with van der Waals surface area (Å²) >= 11 is 3.19. The number of hydrogen-bond donors (Lipinski definition) is 1. The minimum atomic E-state index is -0.336. The molecule has 2 N–H and O–H groups in total. The molecule has 7 heteroatoms. The number of carbonyl (C=O) groups is 1. The molecule has 1 unspecified atom stereocenters. The average Bonchev–Trinajstić information content (AvgIpc) is 3.07. The third-order valence-electron chi connectivity index (χ3n) is 4.17. The van der Waals surface area contributed by atoms with Crippen LogP contribution in [0.1, 0.15) is 43.7 Å². The Hall–Kier alpha value is -1.34. The molecule has 23 heavy (non-hydrogen) atoms. The van der Waals surface area contributed by atoms with Crippen LogP contribution in [-0.4, -0.2) is 26.4 Å². The van der Waals surface area contributed by atoms with Crippen LogP contribution in [0.25, 0.3) is 11.4 Å². The van der Waals surface area contributed by atoms with Crippen LogP contribution < -0.4 is 5.73 Å². The van der Waals surface area contributed by atoms with E-state index in [1.54, 1.807) is 0 Å². The van der Waals surface area contributed by atoms with Crippen molar-refractivity contribution in [3.63, 3.8) is 0 Å². The van der Waals surface area contributed by atoms with Crippen LogP contribution in [0, 0.1) is 5.92 Å². The molecular formula is C16H22N4OS2. The van der Waals surface area contributed by atoms with Crippen LogP contribution in [0.4, 0.5) is 0 Å². The van der Waals surface area contributed by atoms with E-state index in [2.05, 4.69) is 40.9 Å². The smallest absolute Gasteiger partial charge is 0.227 e. The van der Waals surface area contributed by atoms with Crippen molar-refractivity contribution < 1.29 is 4.79 Å². The van der Waals surface area contributed by atoms with E-state index in [0.717, 1.165) is 23.3 Å². The number of aromatic nitrogens is 3. The number of nitrogens with two attached hydrogens (primary N) is 1. The van der Waals surface area contributed by atoms with Crippen molar-refractivity contribution in [2.75, 3.05) is 5.75 Å². The summed E-state index contributed by atoms with van der Waals surface area (Å²) in [6.07, 6.45) is 3.51. The standard InChI is InChI=1S/C16H22N4OS2/c1-9(2)20-15(18-19-16(20)23-8-14(17)21)12-7-22-13-6-10(3)4-5-11(12)13/h7,9-10H,4-6,8H2,1-3H3,(H2,17,21). The molecule has 0 saturated carbocycles. The quantitative estimate of drug-likeness (QED) is 0.840. The SMILES string of the molecule is CC1CCc2c(-c3nnc(SCC(N)=O)n3C(C)C)csc2C1. The summed E-state index contributed by atoms with van der Waals surface area (Å²) in [7, 11) is 0. The van der Waals surface area contributed by atoms with Crippen molar-refractivity contribution in [1.29, 1.82) is 0 Å². The second-order valence-corrected chi connectivity index (χ2v) is 8.33. The topological polar surface area (TPSA) is 73.8 Å². The zero-order chi connectivity index (χ0) is 16.6. The van der Waals surface area contributed by atoms with Crippen molar-refractivity contribution in [2.45, 2.75) is 51.2 Å². The van der Waals surface area contributed by atoms with Crippen LogP contribution in [0.3, 0.4) is 0 Å². The van der Waals surface area contributed by atoms with Crippen molar-refractivity contribution in [2.24, 2.45) is 11.7 Å². The molecule has 3 rings (SSSR count). The molecule has 0 aromatic carbocycles. The fraction of sp³-hybridized carbons (Fsp3) is 0.562. The number of fused-ring (bicyclic) bond motifs is 1. The van der Waals surface area contributed by atoms with Gasteiger partial charge < -0.3 is 5.73 Å². The Morgan fingerprint density at radius 3 is 3.00 bits per heavy atom. The lowest BCUT2D eigenvalue weighted by Gasteiger charge is -2.19. The van der Waals surface area contributed by atoms with Crippen LogP contribution in [0.2, 0.25) is 0 Å². The molecule has 0 radical (unpaired) electrons. The zero-order valence-corrected chi connectivity index (χ0v) is 15.3. The number of primary amides is 1. The number of amides is 1. The van der Waals surface area contributed by atoms with Gasteiger partial charge in [-0.05, 0) is 44.6 Å². The molecule has 5 nitrogen and oxygen atoms in total. The molecule has 1 aliphatic rings. The summed E-state index contributed by atoms with van der Waals surface area (Å²) in [5, 5.41) is 11.7. The van der Waals surface area contributed by atoms with E-state index < -0.39 is 0 Å². The molecule has 0 fully saturated rings. The third-order valence-corrected chi connectivity index (χ3v) is 6.18. The molecule has 1 aliphatic carbocycles. The first-order valence-corrected chi connectivity index (χ1v) is 9.79. The van der Waals surface area contributed by atoms with Gasteiger partial charge in [-0.25, -0.2) is 0 Å². The molecule has 0 saturated heterocycles. The molecule has 0 spiro atoms. The van der Waals surface area contributed by atoms with E-state index in [9.17, 15) is 4.79 Å². The van der Waals surface area contributed by atoms with Crippen molar-refractivity contribution in [1.82, 2.24) is 14.8 Å². The van der Waals surface area contributed by atoms with Gasteiger partial charge in [-0.1, -0.05) is 18.7 Å². The normalized spacial score (nSPS) is 17.5. The Labute approximate surface area is 144 Å². The van der Waals surface area contributed by atoms with Gasteiger partial charge in [0.15, 0.2) is 11.0 Å². The van der Waals surface area contributed by atoms with Crippen molar-refractivity contribution >= 4 is 29.0 Å². The Morgan fingerprint density at radius 2 is 2.30 bits per heavy atom. The highest BCUT2D eigenvalue weighted by molar-refractivity contribution is 7.99. The Kier molecular flexibility index (Phi) is 4.77. The van der Waals surface area contributed by atoms with E-state index in [1.165, 1.54) is 40.6 Å². The molecule has 0 bridgehead atoms. The molecule has 0 aliphatic heterocycles. The Morgan fingerprint density at radius 1 is 1.52 bits per heavy atom. The summed E-state index contributed by atoms with van der Waals surface area (Å²) in [5.41, 5.74) is 7.91. The predicted octanol–water partition coefficient (Wildman–Crippen LogP) is 3.29. The number of thiophene rings is 1.